The summed E-state index contributed by atoms with van der Waals surface area (Å²) in [6, 6.07) is 0. The monoisotopic (exact) mass is 391 g/mol. The van der Waals surface area contributed by atoms with Gasteiger partial charge in [0.1, 0.15) is 5.60 Å². The predicted molar refractivity (Wildman–Crippen MR) is 103 cm³/mol. The van der Waals surface area contributed by atoms with E-state index < -0.39 is 25.0 Å². The lowest BCUT2D eigenvalue weighted by molar-refractivity contribution is -0.136. The molecule has 1 amide bonds. The van der Waals surface area contributed by atoms with Gasteiger partial charge in [-0.05, 0) is 33.6 Å². The molecule has 0 saturated heterocycles. The number of esters is 1. The Morgan fingerprint density at radius 2 is 1.85 bits per heavy atom. The summed E-state index contributed by atoms with van der Waals surface area (Å²) < 4.78 is 22.4. The maximum Gasteiger partial charge on any atom is 0.410 e. The molecule has 0 aliphatic carbocycles. The van der Waals surface area contributed by atoms with Gasteiger partial charge in [-0.2, -0.15) is 0 Å². The van der Waals surface area contributed by atoms with Gasteiger partial charge in [0.25, 0.3) is 0 Å². The molecule has 0 saturated carbocycles. The van der Waals surface area contributed by atoms with Crippen LogP contribution in [-0.4, -0.2) is 60.5 Å². The van der Waals surface area contributed by atoms with Gasteiger partial charge < -0.3 is 19.3 Å². The Hall–Kier alpha value is -1.33. The van der Waals surface area contributed by atoms with Crippen molar-refractivity contribution in [3.63, 3.8) is 0 Å². The molecule has 0 spiro atoms. The molecule has 0 aromatic heterocycles. The van der Waals surface area contributed by atoms with Crippen LogP contribution >= 0.6 is 7.37 Å². The van der Waals surface area contributed by atoms with Crippen molar-refractivity contribution in [2.24, 2.45) is 0 Å². The quantitative estimate of drug-likeness (QED) is 0.263. The molecule has 7 nitrogen and oxygen atoms in total. The summed E-state index contributed by atoms with van der Waals surface area (Å²) in [5.41, 5.74) is -0.414. The van der Waals surface area contributed by atoms with Crippen molar-refractivity contribution in [2.75, 3.05) is 33.0 Å². The summed E-state index contributed by atoms with van der Waals surface area (Å²) in [6.45, 7) is 7.39. The molecule has 1 atom stereocenters. The second-order valence-electron chi connectivity index (χ2n) is 7.35. The standard InChI is InChI=1S/C18H34NO6P/c1-7-8-9-10-11-15(16(20)24-6)14-26(22,23)13-12-19(5)17(21)25-18(2,3)4/h11H,7-10,12-14H2,1-6H3,(H,22,23). The van der Waals surface area contributed by atoms with Crippen LogP contribution in [-0.2, 0) is 18.8 Å². The summed E-state index contributed by atoms with van der Waals surface area (Å²) >= 11 is 0. The summed E-state index contributed by atoms with van der Waals surface area (Å²) in [5.74, 6) is -0.587. The van der Waals surface area contributed by atoms with Gasteiger partial charge in [-0.3, -0.25) is 4.57 Å². The maximum absolute atomic E-state index is 12.5. The number of unbranched alkanes of at least 4 members (excludes halogenated alkanes) is 3. The third-order valence-corrected chi connectivity index (χ3v) is 5.29. The third kappa shape index (κ3) is 11.3. The lowest BCUT2D eigenvalue weighted by atomic mass is 10.1. The van der Waals surface area contributed by atoms with Crippen LogP contribution in [0.3, 0.4) is 0 Å². The fourth-order valence-corrected chi connectivity index (χ4v) is 3.66. The second kappa shape index (κ2) is 11.4. The summed E-state index contributed by atoms with van der Waals surface area (Å²) in [5, 5.41) is 0. The highest BCUT2D eigenvalue weighted by molar-refractivity contribution is 7.58. The van der Waals surface area contributed by atoms with Crippen LogP contribution in [0.2, 0.25) is 0 Å². The molecule has 1 unspecified atom stereocenters. The molecule has 152 valence electrons. The van der Waals surface area contributed by atoms with Crippen molar-refractivity contribution >= 4 is 19.4 Å². The zero-order valence-electron chi connectivity index (χ0n) is 16.9. The number of carbonyl (C=O) groups is 2. The Morgan fingerprint density at radius 3 is 2.35 bits per heavy atom. The van der Waals surface area contributed by atoms with Gasteiger partial charge in [0.2, 0.25) is 7.37 Å². The van der Waals surface area contributed by atoms with Crippen molar-refractivity contribution in [1.82, 2.24) is 4.90 Å². The topological polar surface area (TPSA) is 93.1 Å². The number of ether oxygens (including phenoxy) is 2. The molecule has 0 heterocycles. The first-order valence-electron chi connectivity index (χ1n) is 8.94. The molecular weight excluding hydrogens is 357 g/mol. The number of rotatable bonds is 10. The van der Waals surface area contributed by atoms with Crippen molar-refractivity contribution < 1.29 is 28.5 Å². The molecule has 0 aromatic rings. The molecular formula is C18H34NO6P. The zero-order valence-corrected chi connectivity index (χ0v) is 17.8. The molecule has 0 fully saturated rings. The van der Waals surface area contributed by atoms with E-state index in [0.29, 0.717) is 6.42 Å². The number of hydrogen-bond donors (Lipinski definition) is 1. The lowest BCUT2D eigenvalue weighted by Gasteiger charge is -2.25. The van der Waals surface area contributed by atoms with E-state index in [1.807, 2.05) is 0 Å². The first kappa shape index (κ1) is 24.7. The first-order valence-corrected chi connectivity index (χ1v) is 11.0. The van der Waals surface area contributed by atoms with Crippen LogP contribution in [0, 0.1) is 0 Å². The molecule has 0 bridgehead atoms. The molecule has 0 rings (SSSR count). The van der Waals surface area contributed by atoms with Gasteiger partial charge in [0.05, 0.1) is 13.3 Å². The van der Waals surface area contributed by atoms with E-state index in [2.05, 4.69) is 6.92 Å². The van der Waals surface area contributed by atoms with E-state index in [1.54, 1.807) is 26.8 Å². The molecule has 1 N–H and O–H groups in total. The number of hydrogen-bond acceptors (Lipinski definition) is 5. The van der Waals surface area contributed by atoms with E-state index in [1.165, 1.54) is 19.1 Å². The van der Waals surface area contributed by atoms with Crippen molar-refractivity contribution in [3.8, 4) is 0 Å². The van der Waals surface area contributed by atoms with Gasteiger partial charge in [-0.25, -0.2) is 9.59 Å². The van der Waals surface area contributed by atoms with Crippen LogP contribution in [0.1, 0.15) is 53.4 Å². The van der Waals surface area contributed by atoms with Gasteiger partial charge in [0.15, 0.2) is 0 Å². The fourth-order valence-electron chi connectivity index (χ4n) is 2.10. The van der Waals surface area contributed by atoms with Crippen molar-refractivity contribution in [1.29, 1.82) is 0 Å². The van der Waals surface area contributed by atoms with Crippen LogP contribution in [0.15, 0.2) is 11.6 Å². The largest absolute Gasteiger partial charge is 0.466 e. The fraction of sp³-hybridized carbons (Fsp3) is 0.778. The Labute approximate surface area is 157 Å². The lowest BCUT2D eigenvalue weighted by Crippen LogP contribution is -2.35. The maximum atomic E-state index is 12.5. The molecule has 8 heteroatoms. The minimum absolute atomic E-state index is 0.0625. The Morgan fingerprint density at radius 1 is 1.23 bits per heavy atom. The second-order valence-corrected chi connectivity index (χ2v) is 9.80. The summed E-state index contributed by atoms with van der Waals surface area (Å²) in [4.78, 5) is 35.2. The van der Waals surface area contributed by atoms with Crippen LogP contribution in [0.25, 0.3) is 0 Å². The van der Waals surface area contributed by atoms with Crippen LogP contribution < -0.4 is 0 Å². The zero-order chi connectivity index (χ0) is 20.4. The molecule has 26 heavy (non-hydrogen) atoms. The van der Waals surface area contributed by atoms with Crippen molar-refractivity contribution in [2.45, 2.75) is 59.0 Å². The highest BCUT2D eigenvalue weighted by Gasteiger charge is 2.26. The van der Waals surface area contributed by atoms with E-state index >= 15 is 0 Å². The summed E-state index contributed by atoms with van der Waals surface area (Å²) in [6.07, 6.45) is 4.41. The van der Waals surface area contributed by atoms with E-state index in [4.69, 9.17) is 9.47 Å². The number of methoxy groups -OCH3 is 1. The van der Waals surface area contributed by atoms with E-state index in [9.17, 15) is 19.0 Å². The van der Waals surface area contributed by atoms with Crippen LogP contribution in [0.5, 0.6) is 0 Å². The third-order valence-electron chi connectivity index (χ3n) is 3.55. The number of carbonyl (C=O) groups excluding carboxylic acids is 2. The minimum atomic E-state index is -3.63. The Kier molecular flexibility index (Phi) is 10.8. The van der Waals surface area contributed by atoms with Gasteiger partial charge in [0, 0.05) is 25.3 Å². The van der Waals surface area contributed by atoms with Gasteiger partial charge >= 0.3 is 12.1 Å². The number of nitrogens with zero attached hydrogens (tertiary/aromatic N) is 1. The molecule has 0 aliphatic rings. The smallest absolute Gasteiger partial charge is 0.410 e. The highest BCUT2D eigenvalue weighted by atomic mass is 31.2. The van der Waals surface area contributed by atoms with E-state index in [-0.39, 0.29) is 24.4 Å². The molecule has 0 radical (unpaired) electrons. The summed E-state index contributed by atoms with van der Waals surface area (Å²) in [7, 11) is -0.874. The molecule has 0 aromatic carbocycles. The Bertz CT molecular complexity index is 538. The average molecular weight is 391 g/mol. The van der Waals surface area contributed by atoms with Gasteiger partial charge in [-0.15, -0.1) is 0 Å². The highest BCUT2D eigenvalue weighted by Crippen LogP contribution is 2.42. The molecule has 0 aliphatic heterocycles. The first-order chi connectivity index (χ1) is 11.9. The number of allylic oxidation sites excluding steroid dienone is 1. The number of amides is 1. The van der Waals surface area contributed by atoms with Gasteiger partial charge in [-0.1, -0.05) is 25.8 Å². The van der Waals surface area contributed by atoms with Crippen LogP contribution in [0.4, 0.5) is 4.79 Å². The van der Waals surface area contributed by atoms with Crippen molar-refractivity contribution in [3.05, 3.63) is 11.6 Å². The average Bonchev–Trinajstić information content (AvgIpc) is 2.53. The normalized spacial score (nSPS) is 14.5. The Balaban J connectivity index is 4.77. The minimum Gasteiger partial charge on any atom is -0.466 e. The predicted octanol–water partition coefficient (Wildman–Crippen LogP) is 3.80. The SMILES string of the molecule is CCCCCC=C(CP(=O)(O)CCN(C)C(=O)OC(C)(C)C)C(=O)OC. The van der Waals surface area contributed by atoms with E-state index in [0.717, 1.165) is 19.3 Å².